The molecule has 0 radical (unpaired) electrons. The minimum absolute atomic E-state index is 0.101. The highest BCUT2D eigenvalue weighted by molar-refractivity contribution is 7.18. The summed E-state index contributed by atoms with van der Waals surface area (Å²) < 4.78 is 17.5. The Hall–Kier alpha value is -3.85. The second-order valence-electron chi connectivity index (χ2n) is 7.07. The van der Waals surface area contributed by atoms with Gasteiger partial charge in [-0.05, 0) is 19.1 Å². The predicted molar refractivity (Wildman–Crippen MR) is 118 cm³/mol. The lowest BCUT2D eigenvalue weighted by atomic mass is 10.1. The molecule has 0 saturated carbocycles. The molecule has 32 heavy (non-hydrogen) atoms. The molecule has 2 aromatic carbocycles. The van der Waals surface area contributed by atoms with Crippen molar-refractivity contribution >= 4 is 27.5 Å². The monoisotopic (exact) mass is 446 g/mol. The zero-order valence-electron chi connectivity index (χ0n) is 17.1. The van der Waals surface area contributed by atoms with Crippen LogP contribution in [-0.4, -0.2) is 26.3 Å². The molecule has 160 valence electrons. The van der Waals surface area contributed by atoms with Crippen molar-refractivity contribution < 1.29 is 18.5 Å². The Balaban J connectivity index is 1.21. The van der Waals surface area contributed by atoms with Crippen molar-refractivity contribution in [3.63, 3.8) is 0 Å². The van der Waals surface area contributed by atoms with Crippen LogP contribution in [0, 0.1) is 6.92 Å². The topological polar surface area (TPSA) is 104 Å². The lowest BCUT2D eigenvalue weighted by Gasteiger charge is -2.01. The van der Waals surface area contributed by atoms with E-state index in [1.54, 1.807) is 18.3 Å². The van der Waals surface area contributed by atoms with Crippen LogP contribution in [0.5, 0.6) is 0 Å². The Morgan fingerprint density at radius 2 is 1.88 bits per heavy atom. The standard InChI is InChI=1S/C23H18N4O4S/c1-14-21(22(27-31-14)15-7-3-2-4-8-15)23-26-25-18(30-23)13-29-20(28)12-11-19-24-16-9-5-6-10-17(16)32-19/h2-10H,11-13H2,1H3. The molecule has 5 rings (SSSR count). The van der Waals surface area contributed by atoms with Crippen LogP contribution < -0.4 is 0 Å². The number of carbonyl (C=O) groups is 1. The lowest BCUT2D eigenvalue weighted by Crippen LogP contribution is -2.06. The number of benzene rings is 2. The quantitative estimate of drug-likeness (QED) is 0.322. The number of thiazole rings is 1. The van der Waals surface area contributed by atoms with Crippen molar-refractivity contribution in [3.8, 4) is 22.7 Å². The smallest absolute Gasteiger partial charge is 0.306 e. The van der Waals surface area contributed by atoms with E-state index < -0.39 is 0 Å². The first-order chi connectivity index (χ1) is 15.7. The molecule has 0 unspecified atom stereocenters. The summed E-state index contributed by atoms with van der Waals surface area (Å²) in [6, 6.07) is 17.5. The fraction of sp³-hybridized carbons (Fsp3) is 0.174. The van der Waals surface area contributed by atoms with Gasteiger partial charge in [-0.2, -0.15) is 0 Å². The van der Waals surface area contributed by atoms with Gasteiger partial charge in [0.25, 0.3) is 11.8 Å². The number of fused-ring (bicyclic) bond motifs is 1. The van der Waals surface area contributed by atoms with Crippen LogP contribution >= 0.6 is 11.3 Å². The maximum atomic E-state index is 12.2. The second kappa shape index (κ2) is 8.72. The molecule has 0 aliphatic carbocycles. The van der Waals surface area contributed by atoms with Crippen molar-refractivity contribution in [2.45, 2.75) is 26.4 Å². The molecule has 0 N–H and O–H groups in total. The average molecular weight is 446 g/mol. The van der Waals surface area contributed by atoms with E-state index in [1.807, 2.05) is 54.6 Å². The lowest BCUT2D eigenvalue weighted by molar-refractivity contribution is -0.145. The first-order valence-corrected chi connectivity index (χ1v) is 10.8. The molecule has 5 aromatic rings. The Morgan fingerprint density at radius 1 is 1.06 bits per heavy atom. The third-order valence-corrected chi connectivity index (χ3v) is 5.92. The number of esters is 1. The van der Waals surface area contributed by atoms with Gasteiger partial charge >= 0.3 is 5.97 Å². The molecule has 8 nitrogen and oxygen atoms in total. The van der Waals surface area contributed by atoms with Crippen molar-refractivity contribution in [2.75, 3.05) is 0 Å². The molecule has 0 bridgehead atoms. The maximum Gasteiger partial charge on any atom is 0.306 e. The molecule has 0 aliphatic rings. The van der Waals surface area contributed by atoms with Crippen LogP contribution in [0.3, 0.4) is 0 Å². The Kier molecular flexibility index (Phi) is 5.47. The number of nitrogens with zero attached hydrogens (tertiary/aromatic N) is 4. The van der Waals surface area contributed by atoms with Gasteiger partial charge in [0.2, 0.25) is 0 Å². The molecular formula is C23H18N4O4S. The highest BCUT2D eigenvalue weighted by Gasteiger charge is 2.22. The van der Waals surface area contributed by atoms with Crippen LogP contribution in [0.15, 0.2) is 63.5 Å². The fourth-order valence-electron chi connectivity index (χ4n) is 3.28. The number of ether oxygens (including phenoxy) is 1. The van der Waals surface area contributed by atoms with Gasteiger partial charge in [0.15, 0.2) is 6.61 Å². The van der Waals surface area contributed by atoms with Crippen LogP contribution in [0.25, 0.3) is 32.9 Å². The number of aryl methyl sites for hydroxylation is 2. The molecule has 0 atom stereocenters. The van der Waals surface area contributed by atoms with Gasteiger partial charge in [-0.15, -0.1) is 21.5 Å². The van der Waals surface area contributed by atoms with Crippen LogP contribution in [0.4, 0.5) is 0 Å². The first-order valence-electron chi connectivity index (χ1n) is 10.0. The van der Waals surface area contributed by atoms with Crippen molar-refractivity contribution in [1.82, 2.24) is 20.3 Å². The molecule has 0 amide bonds. The van der Waals surface area contributed by atoms with Crippen molar-refractivity contribution in [1.29, 1.82) is 0 Å². The van der Waals surface area contributed by atoms with Crippen LogP contribution in [0.1, 0.15) is 23.1 Å². The van der Waals surface area contributed by atoms with Crippen LogP contribution in [0.2, 0.25) is 0 Å². The molecule has 0 saturated heterocycles. The number of carbonyl (C=O) groups excluding carboxylic acids is 1. The fourth-order valence-corrected chi connectivity index (χ4v) is 4.25. The molecule has 3 heterocycles. The summed E-state index contributed by atoms with van der Waals surface area (Å²) in [6.45, 7) is 1.68. The molecule has 0 aliphatic heterocycles. The Morgan fingerprint density at radius 3 is 2.72 bits per heavy atom. The van der Waals surface area contributed by atoms with E-state index >= 15 is 0 Å². The van der Waals surface area contributed by atoms with Crippen molar-refractivity contribution in [3.05, 3.63) is 71.3 Å². The summed E-state index contributed by atoms with van der Waals surface area (Å²) in [5.41, 5.74) is 3.06. The molecular weight excluding hydrogens is 428 g/mol. The van der Waals surface area contributed by atoms with E-state index in [9.17, 15) is 4.79 Å². The minimum Gasteiger partial charge on any atom is -0.456 e. The maximum absolute atomic E-state index is 12.2. The third kappa shape index (κ3) is 4.15. The van der Waals surface area contributed by atoms with E-state index in [0.717, 1.165) is 20.8 Å². The average Bonchev–Trinajstić information content (AvgIpc) is 3.54. The van der Waals surface area contributed by atoms with E-state index in [1.165, 1.54) is 0 Å². The number of rotatable bonds is 7. The molecule has 3 aromatic heterocycles. The summed E-state index contributed by atoms with van der Waals surface area (Å²) in [5.74, 6) is 0.679. The summed E-state index contributed by atoms with van der Waals surface area (Å²) in [7, 11) is 0. The summed E-state index contributed by atoms with van der Waals surface area (Å²) in [6.07, 6.45) is 0.747. The Bertz CT molecular complexity index is 1340. The Labute approximate surface area is 186 Å². The van der Waals surface area contributed by atoms with E-state index in [4.69, 9.17) is 13.7 Å². The van der Waals surface area contributed by atoms with E-state index in [-0.39, 0.29) is 30.8 Å². The van der Waals surface area contributed by atoms with Gasteiger partial charge in [-0.1, -0.05) is 47.6 Å². The molecule has 0 spiro atoms. The van der Waals surface area contributed by atoms with E-state index in [0.29, 0.717) is 23.4 Å². The number of aromatic nitrogens is 4. The van der Waals surface area contributed by atoms with E-state index in [2.05, 4.69) is 20.3 Å². The third-order valence-electron chi connectivity index (χ3n) is 4.83. The number of hydrogen-bond acceptors (Lipinski definition) is 9. The first kappa shape index (κ1) is 20.1. The number of para-hydroxylation sites is 1. The highest BCUT2D eigenvalue weighted by Crippen LogP contribution is 2.33. The van der Waals surface area contributed by atoms with Gasteiger partial charge in [0, 0.05) is 12.0 Å². The largest absolute Gasteiger partial charge is 0.456 e. The summed E-state index contributed by atoms with van der Waals surface area (Å²) >= 11 is 1.58. The predicted octanol–water partition coefficient (Wildman–Crippen LogP) is 4.99. The molecule has 0 fully saturated rings. The minimum atomic E-state index is -0.352. The zero-order valence-corrected chi connectivity index (χ0v) is 18.0. The van der Waals surface area contributed by atoms with Gasteiger partial charge in [-0.3, -0.25) is 4.79 Å². The summed E-state index contributed by atoms with van der Waals surface area (Å²) in [5, 5.41) is 13.1. The normalized spacial score (nSPS) is 11.2. The van der Waals surface area contributed by atoms with Crippen molar-refractivity contribution in [2.24, 2.45) is 0 Å². The molecule has 9 heteroatoms. The highest BCUT2D eigenvalue weighted by atomic mass is 32.1. The zero-order chi connectivity index (χ0) is 21.9. The van der Waals surface area contributed by atoms with Gasteiger partial charge in [0.05, 0.1) is 21.6 Å². The SMILES string of the molecule is Cc1onc(-c2ccccc2)c1-c1nnc(COC(=O)CCc2nc3ccccc3s2)o1. The summed E-state index contributed by atoms with van der Waals surface area (Å²) in [4.78, 5) is 16.7. The second-order valence-corrected chi connectivity index (χ2v) is 8.18. The van der Waals surface area contributed by atoms with Gasteiger partial charge in [0.1, 0.15) is 17.0 Å². The van der Waals surface area contributed by atoms with Gasteiger partial charge in [-0.25, -0.2) is 4.98 Å². The number of hydrogen-bond donors (Lipinski definition) is 0. The van der Waals surface area contributed by atoms with Crippen LogP contribution in [-0.2, 0) is 22.6 Å². The van der Waals surface area contributed by atoms with Gasteiger partial charge < -0.3 is 13.7 Å².